The van der Waals surface area contributed by atoms with Crippen molar-refractivity contribution in [2.24, 2.45) is 0 Å². The molecule has 2 heterocycles. The molecule has 2 saturated heterocycles. The van der Waals surface area contributed by atoms with E-state index in [1.165, 1.54) is 23.1 Å². The van der Waals surface area contributed by atoms with Gasteiger partial charge in [-0.1, -0.05) is 18.2 Å². The molecule has 0 aliphatic carbocycles. The van der Waals surface area contributed by atoms with Crippen LogP contribution in [-0.4, -0.2) is 47.2 Å². The molecule has 0 bridgehead atoms. The van der Waals surface area contributed by atoms with Crippen molar-refractivity contribution in [1.29, 1.82) is 0 Å². The summed E-state index contributed by atoms with van der Waals surface area (Å²) in [6, 6.07) is 9.21. The Morgan fingerprint density at radius 1 is 1.00 bits per heavy atom. The minimum absolute atomic E-state index is 0.125. The van der Waals surface area contributed by atoms with Crippen LogP contribution in [0.4, 0.5) is 22.8 Å². The van der Waals surface area contributed by atoms with Gasteiger partial charge in [-0.05, 0) is 35.4 Å². The van der Waals surface area contributed by atoms with E-state index in [1.807, 2.05) is 0 Å². The topological polar surface area (TPSA) is 61.9 Å². The number of rotatable bonds is 4. The second-order valence-corrected chi connectivity index (χ2v) is 7.93. The average molecular weight is 433 g/mol. The number of carbonyl (C=O) groups excluding carboxylic acids is 2. The number of carbonyl (C=O) groups is 2. The molecule has 2 aromatic rings. The largest absolute Gasteiger partial charge is 0.441 e. The molecule has 2 aliphatic rings. The molecule has 31 heavy (non-hydrogen) atoms. The second kappa shape index (κ2) is 8.49. The summed E-state index contributed by atoms with van der Waals surface area (Å²) in [6.07, 6.45) is 0.465. The molecule has 3 amide bonds. The molecule has 1 N–H and O–H groups in total. The molecule has 2 fully saturated rings. The number of halogens is 3. The van der Waals surface area contributed by atoms with Crippen LogP contribution in [0.1, 0.15) is 24.0 Å². The number of nitrogens with zero attached hydrogens (tertiary/aromatic N) is 2. The highest BCUT2D eigenvalue weighted by molar-refractivity contribution is 5.74. The van der Waals surface area contributed by atoms with E-state index in [0.717, 1.165) is 17.7 Å². The van der Waals surface area contributed by atoms with Gasteiger partial charge in [0.15, 0.2) is 11.6 Å². The molecule has 2 aliphatic heterocycles. The van der Waals surface area contributed by atoms with Crippen LogP contribution in [0.15, 0.2) is 42.5 Å². The van der Waals surface area contributed by atoms with Crippen molar-refractivity contribution in [3.63, 3.8) is 0 Å². The molecular formula is C22H22F3N3O3. The summed E-state index contributed by atoms with van der Waals surface area (Å²) in [5.74, 6) is -2.23. The molecule has 0 saturated carbocycles. The number of ether oxygens (including phenoxy) is 1. The standard InChI is InChI=1S/C22H22F3N3O3/c23-17-4-1-15(2-5-17)12-26-20(29)27-9-7-22(8-10-27)14-28(21(30)31-22)13-16-3-6-18(24)19(25)11-16/h1-6,11H,7-10,12-14H2,(H,26,29). The Kier molecular flexibility index (Phi) is 5.75. The number of urea groups is 1. The van der Waals surface area contributed by atoms with Crippen LogP contribution in [-0.2, 0) is 17.8 Å². The lowest BCUT2D eigenvalue weighted by atomic mass is 9.91. The normalized spacial score (nSPS) is 17.7. The van der Waals surface area contributed by atoms with E-state index < -0.39 is 23.3 Å². The van der Waals surface area contributed by atoms with Crippen molar-refractivity contribution in [1.82, 2.24) is 15.1 Å². The van der Waals surface area contributed by atoms with Gasteiger partial charge < -0.3 is 15.0 Å². The Bertz CT molecular complexity index is 976. The Balaban J connectivity index is 1.29. The van der Waals surface area contributed by atoms with Gasteiger partial charge in [-0.25, -0.2) is 22.8 Å². The van der Waals surface area contributed by atoms with E-state index in [0.29, 0.717) is 38.0 Å². The van der Waals surface area contributed by atoms with E-state index in [2.05, 4.69) is 5.32 Å². The number of amides is 3. The molecule has 0 radical (unpaired) electrons. The number of benzene rings is 2. The summed E-state index contributed by atoms with van der Waals surface area (Å²) in [6.45, 7) is 1.58. The van der Waals surface area contributed by atoms with Crippen molar-refractivity contribution in [3.05, 3.63) is 71.0 Å². The zero-order valence-corrected chi connectivity index (χ0v) is 16.7. The lowest BCUT2D eigenvalue weighted by Crippen LogP contribution is -2.51. The number of hydrogen-bond donors (Lipinski definition) is 1. The van der Waals surface area contributed by atoms with Crippen LogP contribution >= 0.6 is 0 Å². The lowest BCUT2D eigenvalue weighted by Gasteiger charge is -2.37. The van der Waals surface area contributed by atoms with Crippen molar-refractivity contribution in [3.8, 4) is 0 Å². The Morgan fingerprint density at radius 2 is 1.68 bits per heavy atom. The molecule has 164 valence electrons. The van der Waals surface area contributed by atoms with E-state index in [9.17, 15) is 22.8 Å². The van der Waals surface area contributed by atoms with Gasteiger partial charge in [0.1, 0.15) is 11.4 Å². The lowest BCUT2D eigenvalue weighted by molar-refractivity contribution is 0.00960. The van der Waals surface area contributed by atoms with Gasteiger partial charge in [-0.2, -0.15) is 0 Å². The third-order valence-corrected chi connectivity index (χ3v) is 5.72. The van der Waals surface area contributed by atoms with E-state index in [-0.39, 0.29) is 24.9 Å². The first kappa shape index (κ1) is 21.0. The maximum atomic E-state index is 13.4. The minimum Gasteiger partial charge on any atom is -0.441 e. The van der Waals surface area contributed by atoms with E-state index in [4.69, 9.17) is 4.74 Å². The van der Waals surface area contributed by atoms with Crippen LogP contribution in [0.25, 0.3) is 0 Å². The molecule has 4 rings (SSSR count). The van der Waals surface area contributed by atoms with Gasteiger partial charge >= 0.3 is 12.1 Å². The van der Waals surface area contributed by atoms with Crippen LogP contribution in [0, 0.1) is 17.5 Å². The van der Waals surface area contributed by atoms with Crippen molar-refractivity contribution in [2.45, 2.75) is 31.5 Å². The Labute approximate surface area is 177 Å². The first-order valence-corrected chi connectivity index (χ1v) is 10.0. The zero-order valence-electron chi connectivity index (χ0n) is 16.7. The first-order chi connectivity index (χ1) is 14.8. The number of piperidine rings is 1. The number of nitrogens with one attached hydrogen (secondary N) is 1. The SMILES string of the molecule is O=C(NCc1ccc(F)cc1)N1CCC2(CC1)CN(Cc1ccc(F)c(F)c1)C(=O)O2. The third kappa shape index (κ3) is 4.76. The smallest absolute Gasteiger partial charge is 0.410 e. The van der Waals surface area contributed by atoms with Gasteiger partial charge in [0.2, 0.25) is 0 Å². The van der Waals surface area contributed by atoms with Crippen molar-refractivity contribution in [2.75, 3.05) is 19.6 Å². The molecule has 6 nitrogen and oxygen atoms in total. The molecule has 9 heteroatoms. The van der Waals surface area contributed by atoms with Crippen LogP contribution in [0.5, 0.6) is 0 Å². The number of likely N-dealkylation sites (tertiary alicyclic amines) is 1. The Hall–Kier alpha value is -3.23. The van der Waals surface area contributed by atoms with Gasteiger partial charge in [0, 0.05) is 39.0 Å². The second-order valence-electron chi connectivity index (χ2n) is 7.93. The van der Waals surface area contributed by atoms with E-state index >= 15 is 0 Å². The monoisotopic (exact) mass is 433 g/mol. The molecule has 0 atom stereocenters. The zero-order chi connectivity index (χ0) is 22.0. The fraction of sp³-hybridized carbons (Fsp3) is 0.364. The highest BCUT2D eigenvalue weighted by Gasteiger charge is 2.47. The van der Waals surface area contributed by atoms with Gasteiger partial charge in [0.05, 0.1) is 6.54 Å². The van der Waals surface area contributed by atoms with Crippen molar-refractivity contribution >= 4 is 12.1 Å². The minimum atomic E-state index is -0.959. The third-order valence-electron chi connectivity index (χ3n) is 5.72. The molecule has 0 unspecified atom stereocenters. The molecular weight excluding hydrogens is 411 g/mol. The Morgan fingerprint density at radius 3 is 2.35 bits per heavy atom. The van der Waals surface area contributed by atoms with Gasteiger partial charge in [-0.15, -0.1) is 0 Å². The summed E-state index contributed by atoms with van der Waals surface area (Å²) >= 11 is 0. The highest BCUT2D eigenvalue weighted by Crippen LogP contribution is 2.34. The van der Waals surface area contributed by atoms with Crippen LogP contribution in [0.2, 0.25) is 0 Å². The summed E-state index contributed by atoms with van der Waals surface area (Å²) in [7, 11) is 0. The fourth-order valence-electron chi connectivity index (χ4n) is 3.94. The maximum absolute atomic E-state index is 13.4. The highest BCUT2D eigenvalue weighted by atomic mass is 19.2. The van der Waals surface area contributed by atoms with Crippen LogP contribution < -0.4 is 5.32 Å². The van der Waals surface area contributed by atoms with Gasteiger partial charge in [-0.3, -0.25) is 4.90 Å². The van der Waals surface area contributed by atoms with Crippen molar-refractivity contribution < 1.29 is 27.5 Å². The van der Waals surface area contributed by atoms with Crippen LogP contribution in [0.3, 0.4) is 0 Å². The quantitative estimate of drug-likeness (QED) is 0.798. The molecule has 1 spiro atoms. The van der Waals surface area contributed by atoms with Gasteiger partial charge in [0.25, 0.3) is 0 Å². The summed E-state index contributed by atoms with van der Waals surface area (Å²) in [5.41, 5.74) is 0.579. The maximum Gasteiger partial charge on any atom is 0.410 e. The predicted octanol–water partition coefficient (Wildman–Crippen LogP) is 3.80. The average Bonchev–Trinajstić information content (AvgIpc) is 3.05. The molecule has 0 aromatic heterocycles. The molecule has 2 aromatic carbocycles. The number of hydrogen-bond acceptors (Lipinski definition) is 3. The summed E-state index contributed by atoms with van der Waals surface area (Å²) < 4.78 is 45.1. The fourth-order valence-corrected chi connectivity index (χ4v) is 3.94. The summed E-state index contributed by atoms with van der Waals surface area (Å²) in [5, 5.41) is 2.81. The first-order valence-electron chi connectivity index (χ1n) is 10.0. The predicted molar refractivity (Wildman–Crippen MR) is 105 cm³/mol. The summed E-state index contributed by atoms with van der Waals surface area (Å²) in [4.78, 5) is 27.9. The van der Waals surface area contributed by atoms with E-state index in [1.54, 1.807) is 17.0 Å².